The number of para-hydroxylation sites is 1. The first-order chi connectivity index (χ1) is 19.5. The first kappa shape index (κ1) is 29.7. The van der Waals surface area contributed by atoms with Crippen molar-refractivity contribution in [2.45, 2.75) is 39.5 Å². The van der Waals surface area contributed by atoms with Gasteiger partial charge in [0.05, 0.1) is 24.2 Å². The molecule has 0 spiro atoms. The molecular formula is C32H33BrN4O4. The third kappa shape index (κ3) is 6.92. The molecule has 0 radical (unpaired) electrons. The highest BCUT2D eigenvalue weighted by Crippen LogP contribution is 2.33. The van der Waals surface area contributed by atoms with Crippen LogP contribution >= 0.6 is 15.9 Å². The number of anilines is 1. The summed E-state index contributed by atoms with van der Waals surface area (Å²) in [5, 5.41) is 7.90. The summed E-state index contributed by atoms with van der Waals surface area (Å²) < 4.78 is 13.7. The van der Waals surface area contributed by atoms with Crippen LogP contribution in [0.2, 0.25) is 0 Å². The third-order valence-corrected chi connectivity index (χ3v) is 6.80. The second-order valence-electron chi connectivity index (χ2n) is 10.6. The van der Waals surface area contributed by atoms with Gasteiger partial charge in [0.15, 0.2) is 18.1 Å². The average Bonchev–Trinajstić information content (AvgIpc) is 2.92. The fourth-order valence-corrected chi connectivity index (χ4v) is 4.64. The predicted molar refractivity (Wildman–Crippen MR) is 168 cm³/mol. The van der Waals surface area contributed by atoms with E-state index < -0.39 is 5.41 Å². The van der Waals surface area contributed by atoms with Gasteiger partial charge in [-0.1, -0.05) is 61.0 Å². The quantitative estimate of drug-likeness (QED) is 0.173. The SMILES string of the molecule is C=CCc1cc(C=Nn2c(C(C)(C)C)nc3ccc(Br)cc3c2=O)cc(OC)c1OCC(=O)Nc1ccccc1C. The zero-order chi connectivity index (χ0) is 29.7. The van der Waals surface area contributed by atoms with E-state index in [-0.39, 0.29) is 18.1 Å². The van der Waals surface area contributed by atoms with Gasteiger partial charge in [-0.05, 0) is 60.9 Å². The summed E-state index contributed by atoms with van der Waals surface area (Å²) in [6.45, 7) is 11.5. The molecule has 212 valence electrons. The van der Waals surface area contributed by atoms with Crippen LogP contribution in [0.1, 0.15) is 43.3 Å². The molecule has 9 heteroatoms. The molecule has 1 amide bonds. The number of allylic oxidation sites excluding steroid dienone is 1. The van der Waals surface area contributed by atoms with Gasteiger partial charge < -0.3 is 14.8 Å². The molecule has 4 aromatic rings. The largest absolute Gasteiger partial charge is 0.493 e. The van der Waals surface area contributed by atoms with Gasteiger partial charge >= 0.3 is 0 Å². The van der Waals surface area contributed by atoms with Gasteiger partial charge in [0.1, 0.15) is 5.82 Å². The van der Waals surface area contributed by atoms with Crippen LogP contribution in [0.15, 0.2) is 81.6 Å². The van der Waals surface area contributed by atoms with E-state index in [0.717, 1.165) is 21.3 Å². The summed E-state index contributed by atoms with van der Waals surface area (Å²) in [5.41, 5.74) is 3.02. The molecule has 0 atom stereocenters. The van der Waals surface area contributed by atoms with Crippen molar-refractivity contribution in [3.05, 3.63) is 105 Å². The second-order valence-corrected chi connectivity index (χ2v) is 11.5. The fraction of sp³-hybridized carbons (Fsp3) is 0.250. The normalized spacial score (nSPS) is 11.6. The minimum absolute atomic E-state index is 0.203. The van der Waals surface area contributed by atoms with Gasteiger partial charge in [-0.15, -0.1) is 6.58 Å². The molecule has 4 rings (SSSR count). The lowest BCUT2D eigenvalue weighted by Crippen LogP contribution is -2.29. The highest BCUT2D eigenvalue weighted by molar-refractivity contribution is 9.10. The van der Waals surface area contributed by atoms with Crippen molar-refractivity contribution in [1.82, 2.24) is 9.66 Å². The number of carbonyl (C=O) groups is 1. The number of hydrogen-bond acceptors (Lipinski definition) is 6. The van der Waals surface area contributed by atoms with Crippen LogP contribution < -0.4 is 20.3 Å². The first-order valence-electron chi connectivity index (χ1n) is 13.1. The van der Waals surface area contributed by atoms with Crippen molar-refractivity contribution in [3.8, 4) is 11.5 Å². The molecule has 0 bridgehead atoms. The van der Waals surface area contributed by atoms with E-state index in [4.69, 9.17) is 14.5 Å². The third-order valence-electron chi connectivity index (χ3n) is 6.31. The lowest BCUT2D eigenvalue weighted by molar-refractivity contribution is -0.118. The minimum Gasteiger partial charge on any atom is -0.493 e. The number of nitrogens with zero attached hydrogens (tertiary/aromatic N) is 3. The van der Waals surface area contributed by atoms with Crippen LogP contribution in [0, 0.1) is 6.92 Å². The van der Waals surface area contributed by atoms with Gasteiger partial charge in [-0.25, -0.2) is 4.98 Å². The first-order valence-corrected chi connectivity index (χ1v) is 13.9. The van der Waals surface area contributed by atoms with Crippen molar-refractivity contribution in [2.24, 2.45) is 5.10 Å². The van der Waals surface area contributed by atoms with Gasteiger partial charge in [0.25, 0.3) is 11.5 Å². The highest BCUT2D eigenvalue weighted by Gasteiger charge is 2.23. The van der Waals surface area contributed by atoms with E-state index in [1.54, 1.807) is 24.4 Å². The monoisotopic (exact) mass is 616 g/mol. The standard InChI is InChI=1S/C32H33BrN4O4/c1-7-10-22-15-21(16-27(40-6)29(22)41-19-28(38)35-25-12-9-8-11-20(25)2)18-34-37-30(39)24-17-23(33)13-14-26(24)36-31(37)32(3,4)5/h7-9,11-18H,1,10,19H2,2-6H3,(H,35,38). The van der Waals surface area contributed by atoms with Gasteiger partial charge in [-0.3, -0.25) is 9.59 Å². The number of aryl methyl sites for hydroxylation is 1. The van der Waals surface area contributed by atoms with Gasteiger partial charge in [0, 0.05) is 21.1 Å². The van der Waals surface area contributed by atoms with Crippen molar-refractivity contribution in [3.63, 3.8) is 0 Å². The maximum atomic E-state index is 13.5. The van der Waals surface area contributed by atoms with Crippen LogP contribution in [0.5, 0.6) is 11.5 Å². The summed E-state index contributed by atoms with van der Waals surface area (Å²) in [4.78, 5) is 30.9. The molecule has 1 aromatic heterocycles. The van der Waals surface area contributed by atoms with E-state index in [2.05, 4.69) is 32.9 Å². The molecule has 0 fully saturated rings. The number of carbonyl (C=O) groups excluding carboxylic acids is 1. The number of halogens is 1. The van der Waals surface area contributed by atoms with E-state index in [1.165, 1.54) is 11.8 Å². The summed E-state index contributed by atoms with van der Waals surface area (Å²) in [7, 11) is 1.53. The molecule has 3 aromatic carbocycles. The number of hydrogen-bond donors (Lipinski definition) is 1. The van der Waals surface area contributed by atoms with Crippen LogP contribution in [0.25, 0.3) is 10.9 Å². The number of aromatic nitrogens is 2. The van der Waals surface area contributed by atoms with Gasteiger partial charge in [-0.2, -0.15) is 9.78 Å². The Morgan fingerprint density at radius 3 is 2.61 bits per heavy atom. The Bertz CT molecular complexity index is 1700. The molecule has 0 aliphatic carbocycles. The van der Waals surface area contributed by atoms with E-state index in [0.29, 0.717) is 40.2 Å². The van der Waals surface area contributed by atoms with Crippen LogP contribution in [-0.2, 0) is 16.6 Å². The predicted octanol–water partition coefficient (Wildman–Crippen LogP) is 6.40. The fourth-order valence-electron chi connectivity index (χ4n) is 4.28. The summed E-state index contributed by atoms with van der Waals surface area (Å²) in [5.74, 6) is 1.11. The smallest absolute Gasteiger partial charge is 0.282 e. The Hall–Kier alpha value is -4.24. The van der Waals surface area contributed by atoms with Crippen molar-refractivity contribution < 1.29 is 14.3 Å². The maximum Gasteiger partial charge on any atom is 0.282 e. The molecule has 41 heavy (non-hydrogen) atoms. The second kappa shape index (κ2) is 12.5. The molecule has 8 nitrogen and oxygen atoms in total. The summed E-state index contributed by atoms with van der Waals surface area (Å²) >= 11 is 3.44. The number of amides is 1. The minimum atomic E-state index is -0.444. The number of benzene rings is 3. The summed E-state index contributed by atoms with van der Waals surface area (Å²) in [6.07, 6.45) is 3.79. The highest BCUT2D eigenvalue weighted by atomic mass is 79.9. The number of nitrogens with one attached hydrogen (secondary N) is 1. The number of ether oxygens (including phenoxy) is 2. The molecule has 0 saturated heterocycles. The molecule has 0 aliphatic rings. The lowest BCUT2D eigenvalue weighted by Gasteiger charge is -2.21. The Morgan fingerprint density at radius 2 is 1.93 bits per heavy atom. The lowest BCUT2D eigenvalue weighted by atomic mass is 9.95. The topological polar surface area (TPSA) is 94.8 Å². The van der Waals surface area contributed by atoms with E-state index in [9.17, 15) is 9.59 Å². The number of methoxy groups -OCH3 is 1. The zero-order valence-electron chi connectivity index (χ0n) is 23.8. The van der Waals surface area contributed by atoms with Crippen LogP contribution in [0.3, 0.4) is 0 Å². The van der Waals surface area contributed by atoms with Crippen LogP contribution in [0.4, 0.5) is 5.69 Å². The summed E-state index contributed by atoms with van der Waals surface area (Å²) in [6, 6.07) is 16.6. The van der Waals surface area contributed by atoms with E-state index >= 15 is 0 Å². The number of fused-ring (bicyclic) bond motifs is 1. The average molecular weight is 618 g/mol. The molecular weight excluding hydrogens is 584 g/mol. The Kier molecular flexibility index (Phi) is 9.08. The van der Waals surface area contributed by atoms with Gasteiger partial charge in [0.2, 0.25) is 0 Å². The Labute approximate surface area is 247 Å². The number of rotatable bonds is 9. The maximum absolute atomic E-state index is 13.5. The van der Waals surface area contributed by atoms with Crippen LogP contribution in [-0.4, -0.2) is 35.5 Å². The van der Waals surface area contributed by atoms with Crippen molar-refractivity contribution >= 4 is 44.6 Å². The molecule has 1 N–H and O–H groups in total. The molecule has 0 aliphatic heterocycles. The zero-order valence-corrected chi connectivity index (χ0v) is 25.4. The van der Waals surface area contributed by atoms with E-state index in [1.807, 2.05) is 70.2 Å². The Balaban J connectivity index is 1.68. The van der Waals surface area contributed by atoms with Crippen molar-refractivity contribution in [1.29, 1.82) is 0 Å². The molecule has 1 heterocycles. The van der Waals surface area contributed by atoms with Crippen molar-refractivity contribution in [2.75, 3.05) is 19.0 Å². The Morgan fingerprint density at radius 1 is 1.17 bits per heavy atom. The molecule has 0 unspecified atom stereocenters. The molecule has 0 saturated carbocycles.